The Morgan fingerprint density at radius 3 is 2.29 bits per heavy atom. The van der Waals surface area contributed by atoms with E-state index in [0.29, 0.717) is 19.4 Å². The lowest BCUT2D eigenvalue weighted by molar-refractivity contribution is -0.131. The van der Waals surface area contributed by atoms with Crippen LogP contribution in [0.5, 0.6) is 0 Å². The van der Waals surface area contributed by atoms with Gasteiger partial charge in [0.15, 0.2) is 0 Å². The van der Waals surface area contributed by atoms with Crippen LogP contribution < -0.4 is 5.32 Å². The molecule has 0 saturated heterocycles. The molecule has 0 aliphatic carbocycles. The topological polar surface area (TPSA) is 63.8 Å². The molecule has 1 aromatic heterocycles. The lowest BCUT2D eigenvalue weighted by Gasteiger charge is -2.17. The lowest BCUT2D eigenvalue weighted by atomic mass is 9.85. The van der Waals surface area contributed by atoms with Crippen LogP contribution in [-0.2, 0) is 16.1 Å². The highest BCUT2D eigenvalue weighted by Gasteiger charge is 2.33. The number of oxime groups is 1. The average Bonchev–Trinajstić information content (AvgIpc) is 3.42. The number of amides is 1. The van der Waals surface area contributed by atoms with Gasteiger partial charge in [0.2, 0.25) is 6.10 Å². The minimum atomic E-state index is -0.596. The first-order valence-corrected chi connectivity index (χ1v) is 9.44. The molecule has 0 spiro atoms. The third kappa shape index (κ3) is 4.14. The Kier molecular flexibility index (Phi) is 5.52. The average molecular weight is 374 g/mol. The number of nitrogens with one attached hydrogen (secondary N) is 1. The molecule has 1 atom stereocenters. The van der Waals surface area contributed by atoms with E-state index in [1.165, 1.54) is 0 Å². The molecule has 2 aromatic carbocycles. The predicted octanol–water partition coefficient (Wildman–Crippen LogP) is 3.92. The maximum absolute atomic E-state index is 12.5. The molecule has 1 aliphatic heterocycles. The van der Waals surface area contributed by atoms with E-state index < -0.39 is 6.10 Å². The Balaban J connectivity index is 1.42. The molecule has 3 aromatic rings. The zero-order chi connectivity index (χ0) is 19.2. The standard InChI is InChI=1S/C23H22N2O3/c26-23(24-14-13-19-12-7-15-27-19)21-16-20(25-28-21)22(17-8-3-1-4-9-17)18-10-5-2-6-11-18/h1-12,15,21-22H,13-14,16H2,(H,24,26). The van der Waals surface area contributed by atoms with E-state index in [-0.39, 0.29) is 11.8 Å². The van der Waals surface area contributed by atoms with Gasteiger partial charge in [-0.3, -0.25) is 4.79 Å². The molecule has 4 rings (SSSR count). The summed E-state index contributed by atoms with van der Waals surface area (Å²) in [6.45, 7) is 0.502. The molecule has 2 heterocycles. The van der Waals surface area contributed by atoms with Crippen molar-refractivity contribution in [2.75, 3.05) is 6.54 Å². The second-order valence-corrected chi connectivity index (χ2v) is 6.76. The van der Waals surface area contributed by atoms with Crippen LogP contribution in [-0.4, -0.2) is 24.3 Å². The molecule has 5 nitrogen and oxygen atoms in total. The summed E-state index contributed by atoms with van der Waals surface area (Å²) < 4.78 is 5.28. The van der Waals surface area contributed by atoms with Crippen LogP contribution in [0, 0.1) is 0 Å². The smallest absolute Gasteiger partial charge is 0.264 e. The number of carbonyl (C=O) groups is 1. The molecular weight excluding hydrogens is 352 g/mol. The van der Waals surface area contributed by atoms with Crippen molar-refractivity contribution >= 4 is 11.6 Å². The summed E-state index contributed by atoms with van der Waals surface area (Å²) in [7, 11) is 0. The van der Waals surface area contributed by atoms with Crippen molar-refractivity contribution in [3.63, 3.8) is 0 Å². The van der Waals surface area contributed by atoms with Gasteiger partial charge in [0, 0.05) is 19.4 Å². The van der Waals surface area contributed by atoms with Crippen LogP contribution >= 0.6 is 0 Å². The Morgan fingerprint density at radius 1 is 1.00 bits per heavy atom. The largest absolute Gasteiger partial charge is 0.469 e. The van der Waals surface area contributed by atoms with Crippen molar-refractivity contribution in [3.8, 4) is 0 Å². The summed E-state index contributed by atoms with van der Waals surface area (Å²) in [6.07, 6.45) is 2.16. The Morgan fingerprint density at radius 2 is 1.68 bits per heavy atom. The minimum Gasteiger partial charge on any atom is -0.469 e. The van der Waals surface area contributed by atoms with Gasteiger partial charge in [-0.1, -0.05) is 65.8 Å². The van der Waals surface area contributed by atoms with E-state index in [1.54, 1.807) is 6.26 Å². The van der Waals surface area contributed by atoms with Crippen LogP contribution in [0.1, 0.15) is 29.2 Å². The second-order valence-electron chi connectivity index (χ2n) is 6.76. The molecule has 0 fully saturated rings. The fraction of sp³-hybridized carbons (Fsp3) is 0.217. The first-order valence-electron chi connectivity index (χ1n) is 9.44. The number of hydrogen-bond donors (Lipinski definition) is 1. The molecule has 28 heavy (non-hydrogen) atoms. The van der Waals surface area contributed by atoms with Gasteiger partial charge < -0.3 is 14.6 Å². The van der Waals surface area contributed by atoms with Crippen molar-refractivity contribution in [3.05, 3.63) is 95.9 Å². The number of rotatable bonds is 7. The number of carbonyl (C=O) groups excluding carboxylic acids is 1. The number of furan rings is 1. The molecule has 0 bridgehead atoms. The predicted molar refractivity (Wildman–Crippen MR) is 107 cm³/mol. The fourth-order valence-electron chi connectivity index (χ4n) is 3.45. The number of hydrogen-bond acceptors (Lipinski definition) is 4. The molecule has 0 radical (unpaired) electrons. The molecule has 1 amide bonds. The van der Waals surface area contributed by atoms with E-state index in [0.717, 1.165) is 22.6 Å². The van der Waals surface area contributed by atoms with Gasteiger partial charge >= 0.3 is 0 Å². The van der Waals surface area contributed by atoms with Crippen LogP contribution in [0.25, 0.3) is 0 Å². The van der Waals surface area contributed by atoms with Gasteiger partial charge in [-0.2, -0.15) is 0 Å². The third-order valence-corrected chi connectivity index (χ3v) is 4.83. The van der Waals surface area contributed by atoms with E-state index in [1.807, 2.05) is 48.5 Å². The summed E-state index contributed by atoms with van der Waals surface area (Å²) >= 11 is 0. The first-order chi connectivity index (χ1) is 13.8. The third-order valence-electron chi connectivity index (χ3n) is 4.83. The second kappa shape index (κ2) is 8.57. The van der Waals surface area contributed by atoms with Crippen molar-refractivity contribution in [2.45, 2.75) is 24.9 Å². The Bertz CT molecular complexity index is 882. The Hall–Kier alpha value is -3.34. The maximum atomic E-state index is 12.5. The molecule has 1 N–H and O–H groups in total. The lowest BCUT2D eigenvalue weighted by Crippen LogP contribution is -2.36. The van der Waals surface area contributed by atoms with Gasteiger partial charge in [-0.05, 0) is 23.3 Å². The Labute approximate surface area is 164 Å². The summed E-state index contributed by atoms with van der Waals surface area (Å²) in [5.74, 6) is 0.672. The molecule has 1 aliphatic rings. The highest BCUT2D eigenvalue weighted by Crippen LogP contribution is 2.31. The first kappa shape index (κ1) is 18.0. The number of nitrogens with zero attached hydrogens (tertiary/aromatic N) is 1. The molecule has 0 saturated carbocycles. The minimum absolute atomic E-state index is 0.0247. The molecule has 5 heteroatoms. The summed E-state index contributed by atoms with van der Waals surface area (Å²) in [5.41, 5.74) is 3.13. The molecule has 142 valence electrons. The van der Waals surface area contributed by atoms with Crippen LogP contribution in [0.15, 0.2) is 88.6 Å². The summed E-state index contributed by atoms with van der Waals surface area (Å²) in [6, 6.07) is 24.1. The van der Waals surface area contributed by atoms with Crippen molar-refractivity contribution in [1.82, 2.24) is 5.32 Å². The monoisotopic (exact) mass is 374 g/mol. The van der Waals surface area contributed by atoms with E-state index in [2.05, 4.69) is 34.7 Å². The van der Waals surface area contributed by atoms with Crippen LogP contribution in [0.3, 0.4) is 0 Å². The normalized spacial score (nSPS) is 15.9. The van der Waals surface area contributed by atoms with Gasteiger partial charge in [-0.25, -0.2) is 0 Å². The number of benzene rings is 2. The van der Waals surface area contributed by atoms with Crippen molar-refractivity contribution in [1.29, 1.82) is 0 Å². The van der Waals surface area contributed by atoms with Gasteiger partial charge in [0.25, 0.3) is 5.91 Å². The zero-order valence-electron chi connectivity index (χ0n) is 15.5. The van der Waals surface area contributed by atoms with Gasteiger partial charge in [0.1, 0.15) is 5.76 Å². The van der Waals surface area contributed by atoms with Gasteiger partial charge in [0.05, 0.1) is 17.9 Å². The van der Waals surface area contributed by atoms with E-state index in [9.17, 15) is 4.79 Å². The maximum Gasteiger partial charge on any atom is 0.264 e. The van der Waals surface area contributed by atoms with Gasteiger partial charge in [-0.15, -0.1) is 0 Å². The highest BCUT2D eigenvalue weighted by molar-refractivity contribution is 5.98. The van der Waals surface area contributed by atoms with E-state index >= 15 is 0 Å². The SMILES string of the molecule is O=C(NCCc1ccco1)C1CC(C(c2ccccc2)c2ccccc2)=NO1. The quantitative estimate of drug-likeness (QED) is 0.682. The van der Waals surface area contributed by atoms with Crippen LogP contribution in [0.4, 0.5) is 0 Å². The zero-order valence-corrected chi connectivity index (χ0v) is 15.5. The molecular formula is C23H22N2O3. The van der Waals surface area contributed by atoms with E-state index in [4.69, 9.17) is 9.25 Å². The fourth-order valence-corrected chi connectivity index (χ4v) is 3.45. The van der Waals surface area contributed by atoms with Crippen LogP contribution in [0.2, 0.25) is 0 Å². The summed E-state index contributed by atoms with van der Waals surface area (Å²) in [4.78, 5) is 18.0. The van der Waals surface area contributed by atoms with Crippen molar-refractivity contribution in [2.24, 2.45) is 5.16 Å². The summed E-state index contributed by atoms with van der Waals surface area (Å²) in [5, 5.41) is 7.19. The molecule has 1 unspecified atom stereocenters. The van der Waals surface area contributed by atoms with Crippen molar-refractivity contribution < 1.29 is 14.0 Å². The highest BCUT2D eigenvalue weighted by atomic mass is 16.6.